The van der Waals surface area contributed by atoms with E-state index in [1.54, 1.807) is 42.5 Å². The maximum atomic E-state index is 12.5. The van der Waals surface area contributed by atoms with Gasteiger partial charge in [-0.3, -0.25) is 14.4 Å². The maximum absolute atomic E-state index is 12.5. The monoisotopic (exact) mass is 497 g/mol. The zero-order valence-electron chi connectivity index (χ0n) is 20.4. The fourth-order valence-corrected chi connectivity index (χ4v) is 3.61. The van der Waals surface area contributed by atoms with Crippen LogP contribution in [0.1, 0.15) is 22.8 Å². The van der Waals surface area contributed by atoms with Gasteiger partial charge >= 0.3 is 0 Å². The third kappa shape index (κ3) is 6.91. The second-order valence-electron chi connectivity index (χ2n) is 8.10. The Kier molecular flexibility index (Phi) is 8.44. The van der Waals surface area contributed by atoms with Crippen molar-refractivity contribution in [1.29, 1.82) is 0 Å². The van der Waals surface area contributed by atoms with Crippen molar-refractivity contribution in [3.05, 3.63) is 112 Å². The highest BCUT2D eigenvalue weighted by Crippen LogP contribution is 2.20. The van der Waals surface area contributed by atoms with Gasteiger partial charge in [0, 0.05) is 29.3 Å². The predicted octanol–water partition coefficient (Wildman–Crippen LogP) is 3.74. The molecular weight excluding hydrogens is 470 g/mol. The van der Waals surface area contributed by atoms with Crippen LogP contribution in [0.25, 0.3) is 11.3 Å². The first kappa shape index (κ1) is 25.4. The van der Waals surface area contributed by atoms with Gasteiger partial charge in [0.15, 0.2) is 12.4 Å². The van der Waals surface area contributed by atoms with Gasteiger partial charge < -0.3 is 14.8 Å². The van der Waals surface area contributed by atoms with E-state index in [1.165, 1.54) is 10.7 Å². The molecule has 0 saturated carbocycles. The molecule has 0 saturated heterocycles. The molecule has 0 atom stereocenters. The van der Waals surface area contributed by atoms with Crippen molar-refractivity contribution in [2.24, 2.45) is 0 Å². The van der Waals surface area contributed by atoms with Crippen LogP contribution in [-0.2, 0) is 11.3 Å². The molecule has 8 nitrogen and oxygen atoms in total. The Hall–Kier alpha value is -4.72. The van der Waals surface area contributed by atoms with E-state index in [-0.39, 0.29) is 36.9 Å². The van der Waals surface area contributed by atoms with Gasteiger partial charge in [0.1, 0.15) is 11.5 Å². The molecule has 0 spiro atoms. The van der Waals surface area contributed by atoms with Gasteiger partial charge in [-0.15, -0.1) is 0 Å². The van der Waals surface area contributed by atoms with Crippen LogP contribution < -0.4 is 20.3 Å². The van der Waals surface area contributed by atoms with Crippen molar-refractivity contribution in [3.63, 3.8) is 0 Å². The van der Waals surface area contributed by atoms with E-state index >= 15 is 0 Å². The van der Waals surface area contributed by atoms with Crippen molar-refractivity contribution in [3.8, 4) is 22.8 Å². The van der Waals surface area contributed by atoms with Crippen molar-refractivity contribution in [1.82, 2.24) is 15.1 Å². The third-order valence-corrected chi connectivity index (χ3v) is 5.50. The van der Waals surface area contributed by atoms with Crippen molar-refractivity contribution in [2.45, 2.75) is 13.5 Å². The highest BCUT2D eigenvalue weighted by Gasteiger charge is 2.10. The quantitative estimate of drug-likeness (QED) is 0.317. The van der Waals surface area contributed by atoms with Gasteiger partial charge in [0.05, 0.1) is 18.8 Å². The van der Waals surface area contributed by atoms with Crippen LogP contribution in [0.2, 0.25) is 0 Å². The summed E-state index contributed by atoms with van der Waals surface area (Å²) in [5.74, 6) is 0.822. The third-order valence-electron chi connectivity index (χ3n) is 5.50. The van der Waals surface area contributed by atoms with Gasteiger partial charge in [0.2, 0.25) is 0 Å². The standard InChI is InChI=1S/C29H27N3O5/c1-2-36-24-12-8-21(9-13-24)26-16-17-28(34)32(31-26)19-18-30-27(33)20-37-25-14-10-23(11-15-25)29(35)22-6-4-3-5-7-22/h3-17H,2,18-20H2,1H3,(H,30,33). The average molecular weight is 498 g/mol. The molecule has 0 fully saturated rings. The predicted molar refractivity (Wildman–Crippen MR) is 140 cm³/mol. The van der Waals surface area contributed by atoms with Crippen molar-refractivity contribution >= 4 is 11.7 Å². The van der Waals surface area contributed by atoms with Crippen LogP contribution >= 0.6 is 0 Å². The molecule has 1 amide bonds. The lowest BCUT2D eigenvalue weighted by Gasteiger charge is -2.10. The molecular formula is C29H27N3O5. The lowest BCUT2D eigenvalue weighted by Crippen LogP contribution is -2.34. The van der Waals surface area contributed by atoms with Gasteiger partial charge in [-0.05, 0) is 61.5 Å². The highest BCUT2D eigenvalue weighted by atomic mass is 16.5. The molecule has 0 unspecified atom stereocenters. The van der Waals surface area contributed by atoms with Gasteiger partial charge in [-0.2, -0.15) is 5.10 Å². The number of hydrogen-bond donors (Lipinski definition) is 1. The van der Waals surface area contributed by atoms with E-state index in [0.717, 1.165) is 11.3 Å². The lowest BCUT2D eigenvalue weighted by molar-refractivity contribution is -0.123. The Morgan fingerprint density at radius 2 is 1.46 bits per heavy atom. The first-order valence-corrected chi connectivity index (χ1v) is 11.9. The Labute approximate surface area is 214 Å². The first-order valence-electron chi connectivity index (χ1n) is 11.9. The number of ether oxygens (including phenoxy) is 2. The summed E-state index contributed by atoms with van der Waals surface area (Å²) in [6.45, 7) is 2.74. The van der Waals surface area contributed by atoms with E-state index in [0.29, 0.717) is 29.2 Å². The van der Waals surface area contributed by atoms with E-state index < -0.39 is 0 Å². The number of nitrogens with zero attached hydrogens (tertiary/aromatic N) is 2. The molecule has 1 N–H and O–H groups in total. The van der Waals surface area contributed by atoms with Crippen LogP contribution in [0.4, 0.5) is 0 Å². The summed E-state index contributed by atoms with van der Waals surface area (Å²) in [5, 5.41) is 7.13. The largest absolute Gasteiger partial charge is 0.494 e. The number of aromatic nitrogens is 2. The fourth-order valence-electron chi connectivity index (χ4n) is 3.61. The molecule has 3 aromatic carbocycles. The molecule has 37 heavy (non-hydrogen) atoms. The molecule has 1 heterocycles. The maximum Gasteiger partial charge on any atom is 0.266 e. The Balaban J connectivity index is 1.26. The second-order valence-corrected chi connectivity index (χ2v) is 8.10. The number of rotatable bonds is 11. The second kappa shape index (κ2) is 12.3. The SMILES string of the molecule is CCOc1ccc(-c2ccc(=O)n(CCNC(=O)COc3ccc(C(=O)c4ccccc4)cc3)n2)cc1. The van der Waals surface area contributed by atoms with Crippen molar-refractivity contribution in [2.75, 3.05) is 19.8 Å². The molecule has 8 heteroatoms. The number of amides is 1. The van der Waals surface area contributed by atoms with Crippen LogP contribution in [0, 0.1) is 0 Å². The molecule has 0 bridgehead atoms. The van der Waals surface area contributed by atoms with Crippen LogP contribution in [0.5, 0.6) is 11.5 Å². The van der Waals surface area contributed by atoms with E-state index in [1.807, 2.05) is 49.4 Å². The van der Waals surface area contributed by atoms with Crippen LogP contribution in [0.15, 0.2) is 95.8 Å². The summed E-state index contributed by atoms with van der Waals surface area (Å²) in [6, 6.07) is 26.2. The zero-order valence-corrected chi connectivity index (χ0v) is 20.4. The number of benzene rings is 3. The van der Waals surface area contributed by atoms with E-state index in [9.17, 15) is 14.4 Å². The number of ketones is 1. The molecule has 0 aliphatic heterocycles. The summed E-state index contributed by atoms with van der Waals surface area (Å²) in [5.41, 5.74) is 2.38. The molecule has 0 aliphatic carbocycles. The van der Waals surface area contributed by atoms with E-state index in [2.05, 4.69) is 10.4 Å². The minimum atomic E-state index is -0.333. The summed E-state index contributed by atoms with van der Waals surface area (Å²) >= 11 is 0. The topological polar surface area (TPSA) is 99.5 Å². The first-order chi connectivity index (χ1) is 18.0. The van der Waals surface area contributed by atoms with Gasteiger partial charge in [0.25, 0.3) is 11.5 Å². The number of nitrogens with one attached hydrogen (secondary N) is 1. The Morgan fingerprint density at radius 3 is 2.16 bits per heavy atom. The van der Waals surface area contributed by atoms with Gasteiger partial charge in [-0.25, -0.2) is 4.68 Å². The molecule has 1 aromatic heterocycles. The summed E-state index contributed by atoms with van der Waals surface area (Å²) < 4.78 is 12.3. The number of hydrogen-bond acceptors (Lipinski definition) is 6. The molecule has 4 rings (SSSR count). The van der Waals surface area contributed by atoms with Crippen LogP contribution in [0.3, 0.4) is 0 Å². The summed E-state index contributed by atoms with van der Waals surface area (Å²) in [7, 11) is 0. The highest BCUT2D eigenvalue weighted by molar-refractivity contribution is 6.09. The zero-order chi connectivity index (χ0) is 26.0. The molecule has 0 aliphatic rings. The Bertz CT molecular complexity index is 1400. The summed E-state index contributed by atoms with van der Waals surface area (Å²) in [6.07, 6.45) is 0. The molecule has 4 aromatic rings. The van der Waals surface area contributed by atoms with Crippen LogP contribution in [-0.4, -0.2) is 41.2 Å². The smallest absolute Gasteiger partial charge is 0.266 e. The minimum absolute atomic E-state index is 0.0830. The van der Waals surface area contributed by atoms with E-state index in [4.69, 9.17) is 9.47 Å². The number of carbonyl (C=O) groups is 2. The summed E-state index contributed by atoms with van der Waals surface area (Å²) in [4.78, 5) is 36.9. The van der Waals surface area contributed by atoms with Crippen molar-refractivity contribution < 1.29 is 19.1 Å². The minimum Gasteiger partial charge on any atom is -0.494 e. The molecule has 188 valence electrons. The van der Waals surface area contributed by atoms with Gasteiger partial charge in [-0.1, -0.05) is 30.3 Å². The fraction of sp³-hybridized carbons (Fsp3) is 0.172. The average Bonchev–Trinajstić information content (AvgIpc) is 2.94. The normalized spacial score (nSPS) is 10.5. The number of carbonyl (C=O) groups excluding carboxylic acids is 2. The lowest BCUT2D eigenvalue weighted by atomic mass is 10.0. The molecule has 0 radical (unpaired) electrons. The Morgan fingerprint density at radius 1 is 0.811 bits per heavy atom.